The molecule has 5 heteroatoms. The molecule has 1 saturated heterocycles. The molecule has 4 rings (SSSR count). The number of fused-ring (bicyclic) bond motifs is 3. The lowest BCUT2D eigenvalue weighted by atomic mass is 10.1. The van der Waals surface area contributed by atoms with Crippen molar-refractivity contribution >= 4 is 33.5 Å². The van der Waals surface area contributed by atoms with Gasteiger partial charge < -0.3 is 14.5 Å². The van der Waals surface area contributed by atoms with E-state index >= 15 is 0 Å². The quantitative estimate of drug-likeness (QED) is 0.789. The standard InChI is InChI=1S/C20H22N2O3/c1-24-15-8-10-22(11-9-15)13-20(23)21-14-6-7-19-17(12-14)16-4-2-3-5-18(16)25-19/h2-7,12,15H,8-11,13H2,1H3,(H,21,23). The first kappa shape index (κ1) is 16.1. The van der Waals surface area contributed by atoms with E-state index in [1.165, 1.54) is 0 Å². The van der Waals surface area contributed by atoms with Gasteiger partial charge in [-0.05, 0) is 37.1 Å². The average molecular weight is 338 g/mol. The molecule has 0 saturated carbocycles. The van der Waals surface area contributed by atoms with Crippen molar-refractivity contribution in [2.75, 3.05) is 32.1 Å². The van der Waals surface area contributed by atoms with Crippen LogP contribution in [0.2, 0.25) is 0 Å². The van der Waals surface area contributed by atoms with Crippen LogP contribution in [-0.4, -0.2) is 43.7 Å². The number of rotatable bonds is 4. The van der Waals surface area contributed by atoms with Crippen molar-refractivity contribution in [1.29, 1.82) is 0 Å². The predicted molar refractivity (Wildman–Crippen MR) is 98.8 cm³/mol. The third-order valence-electron chi connectivity index (χ3n) is 4.90. The van der Waals surface area contributed by atoms with Gasteiger partial charge in [-0.1, -0.05) is 18.2 Å². The van der Waals surface area contributed by atoms with E-state index < -0.39 is 0 Å². The number of carbonyl (C=O) groups is 1. The van der Waals surface area contributed by atoms with Crippen LogP contribution in [0.15, 0.2) is 46.9 Å². The van der Waals surface area contributed by atoms with Crippen LogP contribution < -0.4 is 5.32 Å². The highest BCUT2D eigenvalue weighted by atomic mass is 16.5. The van der Waals surface area contributed by atoms with E-state index in [2.05, 4.69) is 10.2 Å². The predicted octanol–water partition coefficient (Wildman–Crippen LogP) is 3.64. The number of benzene rings is 2. The van der Waals surface area contributed by atoms with Gasteiger partial charge >= 0.3 is 0 Å². The number of para-hydroxylation sites is 1. The van der Waals surface area contributed by atoms with E-state index in [4.69, 9.17) is 9.15 Å². The van der Waals surface area contributed by atoms with Crippen molar-refractivity contribution in [3.63, 3.8) is 0 Å². The summed E-state index contributed by atoms with van der Waals surface area (Å²) in [6.07, 6.45) is 2.30. The van der Waals surface area contributed by atoms with Crippen LogP contribution in [0.25, 0.3) is 21.9 Å². The van der Waals surface area contributed by atoms with Crippen LogP contribution in [0.5, 0.6) is 0 Å². The fraction of sp³-hybridized carbons (Fsp3) is 0.350. The summed E-state index contributed by atoms with van der Waals surface area (Å²) in [7, 11) is 1.75. The Hall–Kier alpha value is -2.37. The highest BCUT2D eigenvalue weighted by molar-refractivity contribution is 6.07. The van der Waals surface area contributed by atoms with Crippen molar-refractivity contribution in [2.45, 2.75) is 18.9 Å². The van der Waals surface area contributed by atoms with Gasteiger partial charge in [0.1, 0.15) is 11.2 Å². The Bertz CT molecular complexity index is 894. The zero-order chi connectivity index (χ0) is 17.2. The summed E-state index contributed by atoms with van der Waals surface area (Å²) < 4.78 is 11.2. The molecule has 2 heterocycles. The number of amides is 1. The van der Waals surface area contributed by atoms with E-state index in [0.29, 0.717) is 12.6 Å². The molecular weight excluding hydrogens is 316 g/mol. The van der Waals surface area contributed by atoms with Crippen LogP contribution in [0.1, 0.15) is 12.8 Å². The van der Waals surface area contributed by atoms with Gasteiger partial charge in [-0.15, -0.1) is 0 Å². The molecule has 0 bridgehead atoms. The molecule has 0 atom stereocenters. The van der Waals surface area contributed by atoms with Gasteiger partial charge in [0.25, 0.3) is 0 Å². The molecule has 0 aliphatic carbocycles. The summed E-state index contributed by atoms with van der Waals surface area (Å²) in [4.78, 5) is 14.5. The summed E-state index contributed by atoms with van der Waals surface area (Å²) in [5, 5.41) is 5.10. The first-order valence-corrected chi connectivity index (χ1v) is 8.69. The third-order valence-corrected chi connectivity index (χ3v) is 4.90. The monoisotopic (exact) mass is 338 g/mol. The lowest BCUT2D eigenvalue weighted by Gasteiger charge is -2.30. The highest BCUT2D eigenvalue weighted by Crippen LogP contribution is 2.30. The normalized spacial score (nSPS) is 16.5. The van der Waals surface area contributed by atoms with Crippen LogP contribution >= 0.6 is 0 Å². The maximum absolute atomic E-state index is 12.4. The lowest BCUT2D eigenvalue weighted by Crippen LogP contribution is -2.41. The van der Waals surface area contributed by atoms with Crippen molar-refractivity contribution in [3.05, 3.63) is 42.5 Å². The number of piperidine rings is 1. The number of hydrogen-bond acceptors (Lipinski definition) is 4. The van der Waals surface area contributed by atoms with E-state index in [1.807, 2.05) is 42.5 Å². The molecule has 2 aromatic carbocycles. The Morgan fingerprint density at radius 1 is 1.16 bits per heavy atom. The summed E-state index contributed by atoms with van der Waals surface area (Å²) in [5.41, 5.74) is 2.50. The van der Waals surface area contributed by atoms with Gasteiger partial charge in [0.15, 0.2) is 0 Å². The largest absolute Gasteiger partial charge is 0.456 e. The fourth-order valence-corrected chi connectivity index (χ4v) is 3.51. The van der Waals surface area contributed by atoms with Gasteiger partial charge in [0.2, 0.25) is 5.91 Å². The minimum absolute atomic E-state index is 0.0167. The highest BCUT2D eigenvalue weighted by Gasteiger charge is 2.20. The molecule has 3 aromatic rings. The number of likely N-dealkylation sites (tertiary alicyclic amines) is 1. The molecule has 130 valence electrons. The maximum Gasteiger partial charge on any atom is 0.238 e. The molecule has 1 aromatic heterocycles. The number of hydrogen-bond donors (Lipinski definition) is 1. The fourth-order valence-electron chi connectivity index (χ4n) is 3.51. The molecule has 1 N–H and O–H groups in total. The Morgan fingerprint density at radius 2 is 1.92 bits per heavy atom. The third kappa shape index (κ3) is 3.38. The summed E-state index contributed by atoms with van der Waals surface area (Å²) in [6.45, 7) is 2.22. The zero-order valence-corrected chi connectivity index (χ0v) is 14.3. The second-order valence-corrected chi connectivity index (χ2v) is 6.57. The van der Waals surface area contributed by atoms with E-state index in [1.54, 1.807) is 7.11 Å². The van der Waals surface area contributed by atoms with Crippen molar-refractivity contribution in [2.24, 2.45) is 0 Å². The van der Waals surface area contributed by atoms with Crippen molar-refractivity contribution in [1.82, 2.24) is 4.90 Å². The molecule has 25 heavy (non-hydrogen) atoms. The first-order chi connectivity index (χ1) is 12.2. The average Bonchev–Trinajstić information content (AvgIpc) is 3.00. The Balaban J connectivity index is 1.45. The molecule has 1 aliphatic heterocycles. The molecule has 1 amide bonds. The lowest BCUT2D eigenvalue weighted by molar-refractivity contribution is -0.117. The number of nitrogens with zero attached hydrogens (tertiary/aromatic N) is 1. The van der Waals surface area contributed by atoms with Crippen LogP contribution in [-0.2, 0) is 9.53 Å². The van der Waals surface area contributed by atoms with Crippen molar-refractivity contribution in [3.8, 4) is 0 Å². The Morgan fingerprint density at radius 3 is 2.72 bits per heavy atom. The molecule has 5 nitrogen and oxygen atoms in total. The number of anilines is 1. The smallest absolute Gasteiger partial charge is 0.238 e. The second kappa shape index (κ2) is 6.86. The molecule has 1 fully saturated rings. The molecule has 1 aliphatic rings. The molecule has 0 radical (unpaired) electrons. The van der Waals surface area contributed by atoms with E-state index in [-0.39, 0.29) is 5.91 Å². The van der Waals surface area contributed by atoms with E-state index in [9.17, 15) is 4.79 Å². The van der Waals surface area contributed by atoms with Gasteiger partial charge in [-0.2, -0.15) is 0 Å². The summed E-state index contributed by atoms with van der Waals surface area (Å²) in [6, 6.07) is 13.7. The minimum atomic E-state index is 0.0167. The number of ether oxygens (including phenoxy) is 1. The molecule has 0 unspecified atom stereocenters. The minimum Gasteiger partial charge on any atom is -0.456 e. The van der Waals surface area contributed by atoms with Gasteiger partial charge in [0.05, 0.1) is 12.6 Å². The van der Waals surface area contributed by atoms with Crippen molar-refractivity contribution < 1.29 is 13.9 Å². The van der Waals surface area contributed by atoms with Crippen LogP contribution in [0.4, 0.5) is 5.69 Å². The Labute approximate surface area is 146 Å². The summed E-state index contributed by atoms with van der Waals surface area (Å²) in [5.74, 6) is 0.0167. The number of methoxy groups -OCH3 is 1. The SMILES string of the molecule is COC1CCN(CC(=O)Nc2ccc3oc4ccccc4c3c2)CC1. The zero-order valence-electron chi connectivity index (χ0n) is 14.3. The number of nitrogens with one attached hydrogen (secondary N) is 1. The Kier molecular flexibility index (Phi) is 4.42. The first-order valence-electron chi connectivity index (χ1n) is 8.69. The van der Waals surface area contributed by atoms with E-state index in [0.717, 1.165) is 53.6 Å². The second-order valence-electron chi connectivity index (χ2n) is 6.57. The van der Waals surface area contributed by atoms with Crippen LogP contribution in [0.3, 0.4) is 0 Å². The number of carbonyl (C=O) groups excluding carboxylic acids is 1. The summed E-state index contributed by atoms with van der Waals surface area (Å²) >= 11 is 0. The number of furan rings is 1. The van der Waals surface area contributed by atoms with Gasteiger partial charge in [-0.3, -0.25) is 9.69 Å². The van der Waals surface area contributed by atoms with Gasteiger partial charge in [-0.25, -0.2) is 0 Å². The molecular formula is C20H22N2O3. The molecule has 0 spiro atoms. The van der Waals surface area contributed by atoms with Gasteiger partial charge in [0, 0.05) is 36.7 Å². The van der Waals surface area contributed by atoms with Crippen LogP contribution in [0, 0.1) is 0 Å². The topological polar surface area (TPSA) is 54.7 Å². The maximum atomic E-state index is 12.4.